The summed E-state index contributed by atoms with van der Waals surface area (Å²) in [5, 5.41) is 11.1. The maximum atomic E-state index is 13.0. The molecule has 0 amide bonds. The van der Waals surface area contributed by atoms with Crippen molar-refractivity contribution in [2.75, 3.05) is 5.32 Å². The van der Waals surface area contributed by atoms with E-state index in [1.165, 1.54) is 16.8 Å². The van der Waals surface area contributed by atoms with E-state index in [-0.39, 0.29) is 5.82 Å². The van der Waals surface area contributed by atoms with Gasteiger partial charge in [-0.1, -0.05) is 0 Å². The molecule has 0 saturated carbocycles. The molecule has 1 N–H and O–H groups in total. The minimum Gasteiger partial charge on any atom is -0.320 e. The second kappa shape index (κ2) is 3.55. The first-order valence-corrected chi connectivity index (χ1v) is 4.98. The Morgan fingerprint density at radius 3 is 2.94 bits per heavy atom. The Morgan fingerprint density at radius 1 is 1.29 bits per heavy atom. The average molecular weight is 232 g/mol. The first-order valence-electron chi connectivity index (χ1n) is 4.98. The molecule has 0 radical (unpaired) electrons. The third kappa shape index (κ3) is 1.82. The first kappa shape index (κ1) is 9.76. The van der Waals surface area contributed by atoms with E-state index in [0.29, 0.717) is 11.6 Å². The summed E-state index contributed by atoms with van der Waals surface area (Å²) in [5.41, 5.74) is 1.36. The number of aromatic nitrogens is 5. The Bertz CT molecular complexity index is 670. The Labute approximate surface area is 95.7 Å². The van der Waals surface area contributed by atoms with E-state index < -0.39 is 0 Å². The molecular weight excluding hydrogens is 223 g/mol. The second-order valence-electron chi connectivity index (χ2n) is 3.61. The van der Waals surface area contributed by atoms with Crippen molar-refractivity contribution in [2.24, 2.45) is 7.05 Å². The minimum absolute atomic E-state index is 0.352. The van der Waals surface area contributed by atoms with Gasteiger partial charge in [0.15, 0.2) is 5.65 Å². The lowest BCUT2D eigenvalue weighted by atomic mass is 10.5. The van der Waals surface area contributed by atoms with Gasteiger partial charge in [0.05, 0.1) is 18.1 Å². The summed E-state index contributed by atoms with van der Waals surface area (Å²) in [6, 6.07) is 2.91. The van der Waals surface area contributed by atoms with Crippen molar-refractivity contribution in [3.8, 4) is 0 Å². The third-order valence-corrected chi connectivity index (χ3v) is 2.26. The number of aryl methyl sites for hydroxylation is 1. The molecule has 7 heteroatoms. The van der Waals surface area contributed by atoms with Crippen molar-refractivity contribution in [3.63, 3.8) is 0 Å². The summed E-state index contributed by atoms with van der Waals surface area (Å²) in [5.74, 6) is 0.0546. The molecule has 3 aromatic heterocycles. The summed E-state index contributed by atoms with van der Waals surface area (Å²) in [6.07, 6.45) is 4.73. The summed E-state index contributed by atoms with van der Waals surface area (Å²) < 4.78 is 16.0. The average Bonchev–Trinajstić information content (AvgIpc) is 2.84. The van der Waals surface area contributed by atoms with Crippen molar-refractivity contribution in [1.82, 2.24) is 24.4 Å². The quantitative estimate of drug-likeness (QED) is 0.724. The van der Waals surface area contributed by atoms with Crippen molar-refractivity contribution in [1.29, 1.82) is 0 Å². The molecular formula is C10H9FN6. The Balaban J connectivity index is 1.95. The lowest BCUT2D eigenvalue weighted by Crippen LogP contribution is -1.92. The number of nitrogens with one attached hydrogen (secondary N) is 1. The van der Waals surface area contributed by atoms with Gasteiger partial charge in [-0.3, -0.25) is 4.68 Å². The fraction of sp³-hybridized carbons (Fsp3) is 0.100. The van der Waals surface area contributed by atoms with Crippen LogP contribution in [0.1, 0.15) is 0 Å². The van der Waals surface area contributed by atoms with E-state index in [2.05, 4.69) is 20.5 Å². The zero-order valence-electron chi connectivity index (χ0n) is 9.00. The maximum absolute atomic E-state index is 13.0. The van der Waals surface area contributed by atoms with Gasteiger partial charge in [-0.25, -0.2) is 8.91 Å². The first-order chi connectivity index (χ1) is 8.20. The number of fused-ring (bicyclic) bond motifs is 1. The van der Waals surface area contributed by atoms with Crippen LogP contribution < -0.4 is 5.32 Å². The molecule has 0 unspecified atom stereocenters. The number of halogens is 1. The summed E-state index contributed by atoms with van der Waals surface area (Å²) >= 11 is 0. The van der Waals surface area contributed by atoms with E-state index in [4.69, 9.17) is 0 Å². The molecule has 3 rings (SSSR count). The molecule has 3 aromatic rings. The highest BCUT2D eigenvalue weighted by Crippen LogP contribution is 2.12. The zero-order valence-corrected chi connectivity index (χ0v) is 9.00. The molecule has 0 bridgehead atoms. The highest BCUT2D eigenvalue weighted by Gasteiger charge is 2.05. The van der Waals surface area contributed by atoms with E-state index in [1.807, 2.05) is 7.05 Å². The SMILES string of the molecule is Cn1cc(Nc2nc3ccc(F)cn3n2)cn1. The van der Waals surface area contributed by atoms with Gasteiger partial charge in [0, 0.05) is 13.2 Å². The smallest absolute Gasteiger partial charge is 0.247 e. The summed E-state index contributed by atoms with van der Waals surface area (Å²) in [4.78, 5) is 4.20. The predicted octanol–water partition coefficient (Wildman–Crippen LogP) is 1.35. The van der Waals surface area contributed by atoms with E-state index in [0.717, 1.165) is 5.69 Å². The molecule has 17 heavy (non-hydrogen) atoms. The molecule has 3 heterocycles. The van der Waals surface area contributed by atoms with Crippen molar-refractivity contribution in [3.05, 3.63) is 36.5 Å². The number of nitrogens with zero attached hydrogens (tertiary/aromatic N) is 5. The number of rotatable bonds is 2. The lowest BCUT2D eigenvalue weighted by Gasteiger charge is -1.93. The van der Waals surface area contributed by atoms with Crippen LogP contribution in [-0.2, 0) is 7.05 Å². The van der Waals surface area contributed by atoms with Crippen LogP contribution in [0.2, 0.25) is 0 Å². The maximum Gasteiger partial charge on any atom is 0.247 e. The Morgan fingerprint density at radius 2 is 2.18 bits per heavy atom. The number of hydrogen-bond acceptors (Lipinski definition) is 4. The van der Waals surface area contributed by atoms with Crippen LogP contribution in [-0.4, -0.2) is 24.4 Å². The van der Waals surface area contributed by atoms with Crippen LogP contribution in [0.4, 0.5) is 16.0 Å². The van der Waals surface area contributed by atoms with Gasteiger partial charge in [0.2, 0.25) is 5.95 Å². The third-order valence-electron chi connectivity index (χ3n) is 2.26. The molecule has 6 nitrogen and oxygen atoms in total. The topological polar surface area (TPSA) is 60.0 Å². The molecule has 0 aliphatic rings. The van der Waals surface area contributed by atoms with E-state index in [1.54, 1.807) is 23.1 Å². The molecule has 0 spiro atoms. The van der Waals surface area contributed by atoms with Crippen LogP contribution in [0.15, 0.2) is 30.7 Å². The Kier molecular flexibility index (Phi) is 2.04. The van der Waals surface area contributed by atoms with Crippen LogP contribution in [0, 0.1) is 5.82 Å². The molecule has 0 aliphatic carbocycles. The van der Waals surface area contributed by atoms with E-state index >= 15 is 0 Å². The van der Waals surface area contributed by atoms with Crippen LogP contribution in [0.5, 0.6) is 0 Å². The number of pyridine rings is 1. The molecule has 0 aromatic carbocycles. The van der Waals surface area contributed by atoms with Crippen LogP contribution in [0.25, 0.3) is 5.65 Å². The zero-order chi connectivity index (χ0) is 11.8. The summed E-state index contributed by atoms with van der Waals surface area (Å²) in [6.45, 7) is 0. The molecule has 86 valence electrons. The Hall–Kier alpha value is -2.44. The molecule has 0 saturated heterocycles. The van der Waals surface area contributed by atoms with Crippen LogP contribution in [0.3, 0.4) is 0 Å². The van der Waals surface area contributed by atoms with Gasteiger partial charge >= 0.3 is 0 Å². The highest BCUT2D eigenvalue weighted by atomic mass is 19.1. The minimum atomic E-state index is -0.352. The molecule has 0 atom stereocenters. The normalized spacial score (nSPS) is 10.9. The number of anilines is 2. The van der Waals surface area contributed by atoms with Gasteiger partial charge < -0.3 is 5.32 Å². The van der Waals surface area contributed by atoms with Gasteiger partial charge in [0.25, 0.3) is 0 Å². The van der Waals surface area contributed by atoms with Gasteiger partial charge in [-0.15, -0.1) is 5.10 Å². The van der Waals surface area contributed by atoms with Gasteiger partial charge in [-0.05, 0) is 12.1 Å². The summed E-state index contributed by atoms with van der Waals surface area (Å²) in [7, 11) is 1.82. The fourth-order valence-corrected chi connectivity index (χ4v) is 1.53. The second-order valence-corrected chi connectivity index (χ2v) is 3.61. The standard InChI is InChI=1S/C10H9FN6/c1-16-6-8(4-12-16)13-10-14-9-3-2-7(11)5-17(9)15-10/h2-6H,1H3,(H,13,15). The largest absolute Gasteiger partial charge is 0.320 e. The van der Waals surface area contributed by atoms with Crippen molar-refractivity contribution in [2.45, 2.75) is 0 Å². The van der Waals surface area contributed by atoms with E-state index in [9.17, 15) is 4.39 Å². The number of hydrogen-bond donors (Lipinski definition) is 1. The lowest BCUT2D eigenvalue weighted by molar-refractivity contribution is 0.615. The van der Waals surface area contributed by atoms with Crippen LogP contribution >= 0.6 is 0 Å². The van der Waals surface area contributed by atoms with Crippen molar-refractivity contribution < 1.29 is 4.39 Å². The fourth-order valence-electron chi connectivity index (χ4n) is 1.53. The molecule has 0 fully saturated rings. The highest BCUT2D eigenvalue weighted by molar-refractivity contribution is 5.53. The van der Waals surface area contributed by atoms with Gasteiger partial charge in [-0.2, -0.15) is 10.1 Å². The van der Waals surface area contributed by atoms with Crippen molar-refractivity contribution >= 4 is 17.3 Å². The molecule has 0 aliphatic heterocycles. The predicted molar refractivity (Wildman–Crippen MR) is 59.4 cm³/mol. The van der Waals surface area contributed by atoms with Gasteiger partial charge in [0.1, 0.15) is 5.82 Å². The monoisotopic (exact) mass is 232 g/mol.